The van der Waals surface area contributed by atoms with Gasteiger partial charge >= 0.3 is 0 Å². The van der Waals surface area contributed by atoms with Crippen molar-refractivity contribution in [2.75, 3.05) is 25.5 Å². The lowest BCUT2D eigenvalue weighted by Crippen LogP contribution is -2.37. The van der Waals surface area contributed by atoms with Gasteiger partial charge in [0.25, 0.3) is 0 Å². The molecule has 2 aromatic rings. The Morgan fingerprint density at radius 2 is 2.12 bits per heavy atom. The van der Waals surface area contributed by atoms with Gasteiger partial charge in [0.15, 0.2) is 11.8 Å². The van der Waals surface area contributed by atoms with Crippen LogP contribution in [0.3, 0.4) is 0 Å². The minimum atomic E-state index is 0.478. The van der Waals surface area contributed by atoms with Gasteiger partial charge in [-0.05, 0) is 19.1 Å². The van der Waals surface area contributed by atoms with E-state index in [0.717, 1.165) is 23.2 Å². The summed E-state index contributed by atoms with van der Waals surface area (Å²) in [5.74, 6) is 3.31. The van der Waals surface area contributed by atoms with Crippen LogP contribution in [-0.4, -0.2) is 46.3 Å². The van der Waals surface area contributed by atoms with Crippen LogP contribution in [0.15, 0.2) is 35.8 Å². The first kappa shape index (κ1) is 18.4. The van der Waals surface area contributed by atoms with Crippen LogP contribution in [0.1, 0.15) is 17.3 Å². The van der Waals surface area contributed by atoms with Crippen molar-refractivity contribution in [2.24, 2.45) is 12.0 Å². The number of aromatic nitrogens is 4. The van der Waals surface area contributed by atoms with Gasteiger partial charge in [0.1, 0.15) is 11.6 Å². The molecule has 0 bridgehead atoms. The van der Waals surface area contributed by atoms with E-state index >= 15 is 0 Å². The molecule has 0 aliphatic heterocycles. The summed E-state index contributed by atoms with van der Waals surface area (Å²) in [6, 6.07) is 5.92. The first-order valence-corrected chi connectivity index (χ1v) is 8.12. The fourth-order valence-corrected chi connectivity index (χ4v) is 2.07. The lowest BCUT2D eigenvalue weighted by molar-refractivity contribution is 0.721. The van der Waals surface area contributed by atoms with Gasteiger partial charge in [-0.3, -0.25) is 0 Å². The van der Waals surface area contributed by atoms with Gasteiger partial charge in [-0.25, -0.2) is 9.98 Å². The lowest BCUT2D eigenvalue weighted by Gasteiger charge is -2.13. The molecule has 0 saturated heterocycles. The summed E-state index contributed by atoms with van der Waals surface area (Å²) in [7, 11) is 5.88. The predicted octanol–water partition coefficient (Wildman–Crippen LogP) is 1.01. The summed E-state index contributed by atoms with van der Waals surface area (Å²) in [6.07, 6.45) is 1.79. The van der Waals surface area contributed by atoms with Crippen molar-refractivity contribution in [3.05, 3.63) is 48.2 Å². The van der Waals surface area contributed by atoms with Crippen molar-refractivity contribution in [1.29, 1.82) is 0 Å². The number of rotatable bonds is 7. The van der Waals surface area contributed by atoms with Crippen LogP contribution in [0, 0.1) is 6.92 Å². The molecule has 0 aliphatic rings. The second-order valence-electron chi connectivity index (χ2n) is 5.79. The number of nitrogens with one attached hydrogen (secondary N) is 2. The SMILES string of the molecule is C=CCNC(=NCc1cccc(N(C)C)n1)NCc1nnc(C)n1C. The Kier molecular flexibility index (Phi) is 6.50. The Morgan fingerprint density at radius 1 is 1.32 bits per heavy atom. The van der Waals surface area contributed by atoms with Crippen molar-refractivity contribution >= 4 is 11.8 Å². The van der Waals surface area contributed by atoms with E-state index in [0.29, 0.717) is 25.6 Å². The number of aryl methyl sites for hydroxylation is 1. The van der Waals surface area contributed by atoms with Crippen molar-refractivity contribution in [3.63, 3.8) is 0 Å². The highest BCUT2D eigenvalue weighted by molar-refractivity contribution is 5.79. The van der Waals surface area contributed by atoms with E-state index in [4.69, 9.17) is 0 Å². The zero-order valence-corrected chi connectivity index (χ0v) is 15.3. The van der Waals surface area contributed by atoms with Crippen molar-refractivity contribution in [3.8, 4) is 0 Å². The molecule has 0 fully saturated rings. The maximum atomic E-state index is 4.59. The normalized spacial score (nSPS) is 11.3. The Bertz CT molecular complexity index is 732. The van der Waals surface area contributed by atoms with E-state index in [1.54, 1.807) is 6.08 Å². The van der Waals surface area contributed by atoms with Crippen LogP contribution in [-0.2, 0) is 20.1 Å². The molecule has 0 unspecified atom stereocenters. The van der Waals surface area contributed by atoms with E-state index in [1.165, 1.54) is 0 Å². The number of hydrogen-bond acceptors (Lipinski definition) is 5. The summed E-state index contributed by atoms with van der Waals surface area (Å²) in [5.41, 5.74) is 0.903. The molecular formula is C17H26N8. The second-order valence-corrected chi connectivity index (χ2v) is 5.79. The average Bonchev–Trinajstić information content (AvgIpc) is 2.93. The molecule has 0 aromatic carbocycles. The first-order valence-electron chi connectivity index (χ1n) is 8.12. The van der Waals surface area contributed by atoms with Gasteiger partial charge in [-0.2, -0.15) is 0 Å². The Balaban J connectivity index is 2.05. The fraction of sp³-hybridized carbons (Fsp3) is 0.412. The first-order chi connectivity index (χ1) is 12.0. The van der Waals surface area contributed by atoms with Crippen molar-refractivity contribution in [2.45, 2.75) is 20.0 Å². The number of hydrogen-bond donors (Lipinski definition) is 2. The molecule has 2 heterocycles. The number of guanidine groups is 1. The summed E-state index contributed by atoms with van der Waals surface area (Å²) >= 11 is 0. The molecule has 0 aliphatic carbocycles. The molecule has 2 N–H and O–H groups in total. The largest absolute Gasteiger partial charge is 0.363 e. The molecule has 0 radical (unpaired) electrons. The minimum absolute atomic E-state index is 0.478. The monoisotopic (exact) mass is 342 g/mol. The van der Waals surface area contributed by atoms with Crippen LogP contribution in [0.5, 0.6) is 0 Å². The number of nitrogens with zero attached hydrogens (tertiary/aromatic N) is 6. The quantitative estimate of drug-likeness (QED) is 0.444. The second kappa shape index (κ2) is 8.81. The van der Waals surface area contributed by atoms with Crippen LogP contribution in [0.4, 0.5) is 5.82 Å². The Hall–Kier alpha value is -2.90. The van der Waals surface area contributed by atoms with Gasteiger partial charge in [-0.15, -0.1) is 16.8 Å². The van der Waals surface area contributed by atoms with Gasteiger partial charge in [-0.1, -0.05) is 12.1 Å². The van der Waals surface area contributed by atoms with Crippen LogP contribution < -0.4 is 15.5 Å². The third-order valence-electron chi connectivity index (χ3n) is 3.66. The molecule has 0 spiro atoms. The van der Waals surface area contributed by atoms with Gasteiger partial charge < -0.3 is 20.1 Å². The molecule has 2 rings (SSSR count). The minimum Gasteiger partial charge on any atom is -0.363 e. The van der Waals surface area contributed by atoms with E-state index in [2.05, 4.69) is 37.4 Å². The van der Waals surface area contributed by atoms with Crippen molar-refractivity contribution < 1.29 is 0 Å². The maximum absolute atomic E-state index is 4.59. The van der Waals surface area contributed by atoms with E-state index < -0.39 is 0 Å². The molecule has 0 amide bonds. The van der Waals surface area contributed by atoms with Gasteiger partial charge in [0.05, 0.1) is 18.8 Å². The summed E-state index contributed by atoms with van der Waals surface area (Å²) in [5, 5.41) is 14.7. The third kappa shape index (κ3) is 5.30. The molecule has 0 atom stereocenters. The van der Waals surface area contributed by atoms with E-state index in [-0.39, 0.29) is 0 Å². The number of pyridine rings is 1. The number of aliphatic imine (C=N–C) groups is 1. The topological polar surface area (TPSA) is 83.3 Å². The third-order valence-corrected chi connectivity index (χ3v) is 3.66. The molecule has 8 nitrogen and oxygen atoms in total. The fourth-order valence-electron chi connectivity index (χ4n) is 2.07. The van der Waals surface area contributed by atoms with Crippen LogP contribution in [0.25, 0.3) is 0 Å². The van der Waals surface area contributed by atoms with E-state index in [1.807, 2.05) is 55.7 Å². The van der Waals surface area contributed by atoms with Gasteiger partial charge in [0, 0.05) is 27.7 Å². The molecule has 8 heteroatoms. The Labute approximate surface area is 148 Å². The zero-order chi connectivity index (χ0) is 18.2. The number of anilines is 1. The molecular weight excluding hydrogens is 316 g/mol. The van der Waals surface area contributed by atoms with Crippen LogP contribution in [0.2, 0.25) is 0 Å². The van der Waals surface area contributed by atoms with Gasteiger partial charge in [0.2, 0.25) is 0 Å². The van der Waals surface area contributed by atoms with Crippen LogP contribution >= 0.6 is 0 Å². The van der Waals surface area contributed by atoms with Crippen molar-refractivity contribution in [1.82, 2.24) is 30.4 Å². The highest BCUT2D eigenvalue weighted by Crippen LogP contribution is 2.08. The molecule has 134 valence electrons. The highest BCUT2D eigenvalue weighted by Gasteiger charge is 2.06. The smallest absolute Gasteiger partial charge is 0.192 e. The summed E-state index contributed by atoms with van der Waals surface area (Å²) < 4.78 is 1.94. The predicted molar refractivity (Wildman–Crippen MR) is 100 cm³/mol. The Morgan fingerprint density at radius 3 is 2.76 bits per heavy atom. The maximum Gasteiger partial charge on any atom is 0.192 e. The molecule has 25 heavy (non-hydrogen) atoms. The lowest BCUT2D eigenvalue weighted by atomic mass is 10.3. The standard InChI is InChI=1S/C17H26N8/c1-6-10-18-17(20-12-16-23-22-13(2)25(16)5)19-11-14-8-7-9-15(21-14)24(3)4/h6-9H,1,10-12H2,2-5H3,(H2,18,19,20). The van der Waals surface area contributed by atoms with E-state index in [9.17, 15) is 0 Å². The summed E-state index contributed by atoms with van der Waals surface area (Å²) in [4.78, 5) is 11.1. The molecule has 2 aromatic heterocycles. The zero-order valence-electron chi connectivity index (χ0n) is 15.3. The summed E-state index contributed by atoms with van der Waals surface area (Å²) in [6.45, 7) is 7.28. The molecule has 0 saturated carbocycles. The average molecular weight is 342 g/mol. The highest BCUT2D eigenvalue weighted by atomic mass is 15.3.